The summed E-state index contributed by atoms with van der Waals surface area (Å²) in [6.45, 7) is 6.41. The summed E-state index contributed by atoms with van der Waals surface area (Å²) in [4.78, 5) is 19.8. The van der Waals surface area contributed by atoms with E-state index in [2.05, 4.69) is 30.6 Å². The monoisotopic (exact) mass is 494 g/mol. The van der Waals surface area contributed by atoms with Gasteiger partial charge in [-0.2, -0.15) is 0 Å². The molecule has 0 atom stereocenters. The average Bonchev–Trinajstić information content (AvgIpc) is 3.53. The Hall–Kier alpha value is -1.96. The number of hydrogen-bond donors (Lipinski definition) is 2. The average molecular weight is 495 g/mol. The third-order valence-corrected chi connectivity index (χ3v) is 7.59. The maximum atomic E-state index is 5.81. The highest BCUT2D eigenvalue weighted by atomic mass is 32.1. The van der Waals surface area contributed by atoms with E-state index >= 15 is 0 Å². The molecular weight excluding hydrogens is 473 g/mol. The van der Waals surface area contributed by atoms with E-state index in [-0.39, 0.29) is 0 Å². The van der Waals surface area contributed by atoms with Crippen LogP contribution in [-0.4, -0.2) is 33.1 Å². The molecule has 8 nitrogen and oxygen atoms in total. The molecule has 0 fully saturated rings. The highest BCUT2D eigenvalue weighted by Gasteiger charge is 2.10. The number of nitrogens with one attached hydrogen (secondary N) is 2. The zero-order valence-corrected chi connectivity index (χ0v) is 20.3. The van der Waals surface area contributed by atoms with Gasteiger partial charge in [0.1, 0.15) is 0 Å². The maximum absolute atomic E-state index is 5.81. The van der Waals surface area contributed by atoms with Crippen molar-refractivity contribution in [3.05, 3.63) is 44.3 Å². The minimum Gasteiger partial charge on any atom is -0.376 e. The topological polar surface area (TPSA) is 94.1 Å². The van der Waals surface area contributed by atoms with Gasteiger partial charge in [-0.15, -0.1) is 22.7 Å². The Labute approximate surface area is 196 Å². The van der Waals surface area contributed by atoms with Gasteiger partial charge in [-0.1, -0.05) is 22.7 Å². The minimum absolute atomic E-state index is 0.558. The van der Waals surface area contributed by atoms with E-state index in [4.69, 9.17) is 9.47 Å². The van der Waals surface area contributed by atoms with Crippen molar-refractivity contribution >= 4 is 65.9 Å². The van der Waals surface area contributed by atoms with Crippen LogP contribution in [0.5, 0.6) is 0 Å². The predicted molar refractivity (Wildman–Crippen MR) is 128 cm³/mol. The van der Waals surface area contributed by atoms with Gasteiger partial charge >= 0.3 is 0 Å². The molecular formula is C19H22N6O2S4. The van der Waals surface area contributed by atoms with Crippen molar-refractivity contribution < 1.29 is 9.47 Å². The molecule has 4 heterocycles. The van der Waals surface area contributed by atoms with Crippen molar-refractivity contribution in [3.63, 3.8) is 0 Å². The summed E-state index contributed by atoms with van der Waals surface area (Å²) in [5, 5.41) is 13.7. The van der Waals surface area contributed by atoms with Crippen molar-refractivity contribution in [1.29, 1.82) is 0 Å². The van der Waals surface area contributed by atoms with Crippen LogP contribution in [0.2, 0.25) is 0 Å². The molecule has 0 radical (unpaired) electrons. The molecule has 0 unspecified atom stereocenters. The summed E-state index contributed by atoms with van der Waals surface area (Å²) < 4.78 is 11.6. The van der Waals surface area contributed by atoms with Gasteiger partial charge in [0.15, 0.2) is 20.5 Å². The van der Waals surface area contributed by atoms with Gasteiger partial charge in [-0.3, -0.25) is 0 Å². The molecule has 4 aromatic rings. The number of nitrogens with zero attached hydrogens (tertiary/aromatic N) is 4. The third-order valence-electron chi connectivity index (χ3n) is 4.12. The van der Waals surface area contributed by atoms with Crippen molar-refractivity contribution in [1.82, 2.24) is 19.9 Å². The zero-order valence-electron chi connectivity index (χ0n) is 17.1. The minimum atomic E-state index is 0.558. The number of aromatic nitrogens is 4. The molecule has 0 saturated carbocycles. The molecule has 4 rings (SSSR count). The first-order chi connectivity index (χ1) is 15.2. The molecule has 0 aromatic carbocycles. The lowest BCUT2D eigenvalue weighted by atomic mass is 10.4. The second kappa shape index (κ2) is 11.1. The van der Waals surface area contributed by atoms with Gasteiger partial charge in [0.05, 0.1) is 34.4 Å². The summed E-state index contributed by atoms with van der Waals surface area (Å²) in [6, 6.07) is 0. The van der Waals surface area contributed by atoms with Crippen molar-refractivity contribution in [2.24, 2.45) is 0 Å². The molecule has 2 N–H and O–H groups in total. The van der Waals surface area contributed by atoms with Crippen LogP contribution < -0.4 is 10.6 Å². The quantitative estimate of drug-likeness (QED) is 0.241. The molecule has 0 amide bonds. The van der Waals surface area contributed by atoms with E-state index < -0.39 is 0 Å². The molecule has 0 bridgehead atoms. The second-order valence-corrected chi connectivity index (χ2v) is 10.4. The van der Waals surface area contributed by atoms with Gasteiger partial charge in [-0.25, -0.2) is 19.9 Å². The van der Waals surface area contributed by atoms with E-state index in [1.807, 2.05) is 24.6 Å². The lowest BCUT2D eigenvalue weighted by molar-refractivity contribution is 0.0709. The Morgan fingerprint density at radius 3 is 1.65 bits per heavy atom. The van der Waals surface area contributed by atoms with Crippen LogP contribution in [0, 0.1) is 13.8 Å². The largest absolute Gasteiger partial charge is 0.376 e. The van der Waals surface area contributed by atoms with Gasteiger partial charge in [0.2, 0.25) is 0 Å². The third kappa shape index (κ3) is 6.51. The lowest BCUT2D eigenvalue weighted by Gasteiger charge is -2.04. The molecule has 31 heavy (non-hydrogen) atoms. The maximum Gasteiger partial charge on any atom is 0.189 e. The van der Waals surface area contributed by atoms with Crippen LogP contribution in [0.4, 0.5) is 20.5 Å². The van der Waals surface area contributed by atoms with Gasteiger partial charge < -0.3 is 20.1 Å². The molecule has 0 aliphatic carbocycles. The fraction of sp³-hybridized carbons (Fsp3) is 0.368. The number of rotatable bonds is 12. The normalized spacial score (nSPS) is 11.2. The van der Waals surface area contributed by atoms with E-state index in [0.29, 0.717) is 26.4 Å². The molecule has 164 valence electrons. The Kier molecular flexibility index (Phi) is 7.94. The van der Waals surface area contributed by atoms with E-state index in [1.165, 1.54) is 0 Å². The standard InChI is InChI=1S/C19H22N6O2S4/c1-12-14(30-18(22-12)24-16-20-4-8-28-16)10-26-6-3-7-27-11-15-13(2)23-19(31-15)25-17-21-5-9-29-17/h4-5,8-9H,3,6-7,10-11H2,1-2H3,(H,20,22,24)(H,21,23,25). The highest BCUT2D eigenvalue weighted by Crippen LogP contribution is 2.28. The Morgan fingerprint density at radius 1 is 0.742 bits per heavy atom. The highest BCUT2D eigenvalue weighted by molar-refractivity contribution is 7.17. The predicted octanol–water partition coefficient (Wildman–Crippen LogP) is 5.74. The summed E-state index contributed by atoms with van der Waals surface area (Å²) in [6.07, 6.45) is 4.38. The van der Waals surface area contributed by atoms with E-state index in [9.17, 15) is 0 Å². The molecule has 0 saturated heterocycles. The Balaban J connectivity index is 1.12. The second-order valence-electron chi connectivity index (χ2n) is 6.44. The van der Waals surface area contributed by atoms with Crippen LogP contribution in [0.3, 0.4) is 0 Å². The fourth-order valence-electron chi connectivity index (χ4n) is 2.58. The Morgan fingerprint density at radius 2 is 1.23 bits per heavy atom. The number of anilines is 4. The van der Waals surface area contributed by atoms with Crippen molar-refractivity contribution in [3.8, 4) is 0 Å². The molecule has 0 aliphatic heterocycles. The Bertz CT molecular complexity index is 977. The van der Waals surface area contributed by atoms with E-state index in [0.717, 1.165) is 48.1 Å². The molecule has 12 heteroatoms. The van der Waals surface area contributed by atoms with Crippen molar-refractivity contribution in [2.75, 3.05) is 23.8 Å². The van der Waals surface area contributed by atoms with Gasteiger partial charge in [0, 0.05) is 36.4 Å². The summed E-state index contributed by atoms with van der Waals surface area (Å²) in [5.41, 5.74) is 1.98. The summed E-state index contributed by atoms with van der Waals surface area (Å²) in [5.74, 6) is 0. The number of thiazole rings is 4. The van der Waals surface area contributed by atoms with Gasteiger partial charge in [0.25, 0.3) is 0 Å². The molecule has 0 spiro atoms. The smallest absolute Gasteiger partial charge is 0.189 e. The van der Waals surface area contributed by atoms with Crippen LogP contribution in [-0.2, 0) is 22.7 Å². The van der Waals surface area contributed by atoms with E-state index in [1.54, 1.807) is 57.7 Å². The first-order valence-corrected chi connectivity index (χ1v) is 13.0. The van der Waals surface area contributed by atoms with Crippen LogP contribution in [0.1, 0.15) is 27.6 Å². The van der Waals surface area contributed by atoms with Crippen LogP contribution in [0.15, 0.2) is 23.2 Å². The van der Waals surface area contributed by atoms with Crippen molar-refractivity contribution in [2.45, 2.75) is 33.5 Å². The SMILES string of the molecule is Cc1nc(Nc2nccs2)sc1COCCCOCc1sc(Nc2nccs2)nc1C. The number of hydrogen-bond acceptors (Lipinski definition) is 12. The first kappa shape index (κ1) is 22.2. The van der Waals surface area contributed by atoms with Crippen LogP contribution in [0.25, 0.3) is 0 Å². The lowest BCUT2D eigenvalue weighted by Crippen LogP contribution is -2.01. The van der Waals surface area contributed by atoms with Crippen LogP contribution >= 0.6 is 45.3 Å². The number of aryl methyl sites for hydroxylation is 2. The summed E-state index contributed by atoms with van der Waals surface area (Å²) in [7, 11) is 0. The fourth-order valence-corrected chi connectivity index (χ4v) is 5.56. The molecule has 0 aliphatic rings. The first-order valence-electron chi connectivity index (χ1n) is 9.58. The van der Waals surface area contributed by atoms with Gasteiger partial charge in [-0.05, 0) is 20.3 Å². The summed E-state index contributed by atoms with van der Waals surface area (Å²) >= 11 is 6.31. The molecule has 4 aromatic heterocycles. The zero-order chi connectivity index (χ0) is 21.5. The number of ether oxygens (including phenoxy) is 2.